The fourth-order valence-corrected chi connectivity index (χ4v) is 2.09. The van der Waals surface area contributed by atoms with Gasteiger partial charge in [-0.15, -0.1) is 0 Å². The Morgan fingerprint density at radius 3 is 3.05 bits per heavy atom. The molecule has 1 aliphatic rings. The van der Waals surface area contributed by atoms with Crippen LogP contribution in [0.1, 0.15) is 12.0 Å². The number of hydrogen-bond donors (Lipinski definition) is 1. The molecular weight excluding hydrogens is 242 g/mol. The summed E-state index contributed by atoms with van der Waals surface area (Å²) in [7, 11) is 1.70. The summed E-state index contributed by atoms with van der Waals surface area (Å²) in [5.41, 5.74) is 1.15. The Kier molecular flexibility index (Phi) is 4.50. The zero-order valence-electron chi connectivity index (χ0n) is 10.9. The lowest BCUT2D eigenvalue weighted by molar-refractivity contribution is -0.119. The van der Waals surface area contributed by atoms with Crippen molar-refractivity contribution in [2.45, 2.75) is 12.5 Å². The van der Waals surface area contributed by atoms with Crippen molar-refractivity contribution >= 4 is 11.6 Å². The number of carbonyl (C=O) groups excluding carboxylic acids is 1. The summed E-state index contributed by atoms with van der Waals surface area (Å²) < 4.78 is 5.33. The highest BCUT2D eigenvalue weighted by atomic mass is 16.5. The first-order valence-electron chi connectivity index (χ1n) is 6.29. The first-order chi connectivity index (χ1) is 9.22. The van der Waals surface area contributed by atoms with Gasteiger partial charge in [0.2, 0.25) is 5.91 Å². The molecule has 5 heteroatoms. The molecule has 1 atom stereocenters. The van der Waals surface area contributed by atoms with Gasteiger partial charge < -0.3 is 15.0 Å². The third-order valence-electron chi connectivity index (χ3n) is 3.18. The summed E-state index contributed by atoms with van der Waals surface area (Å²) >= 11 is 0. The zero-order chi connectivity index (χ0) is 13.7. The van der Waals surface area contributed by atoms with Crippen LogP contribution in [-0.2, 0) is 9.53 Å². The van der Waals surface area contributed by atoms with E-state index in [1.54, 1.807) is 25.2 Å². The number of amides is 1. The summed E-state index contributed by atoms with van der Waals surface area (Å²) in [6, 6.07) is 9.25. The molecule has 5 nitrogen and oxygen atoms in total. The molecule has 1 aliphatic heterocycles. The van der Waals surface area contributed by atoms with Crippen molar-refractivity contribution in [2.75, 3.05) is 31.7 Å². The number of para-hydroxylation sites is 1. The van der Waals surface area contributed by atoms with Gasteiger partial charge in [-0.3, -0.25) is 4.79 Å². The minimum absolute atomic E-state index is 0.0225. The summed E-state index contributed by atoms with van der Waals surface area (Å²) in [6.07, 6.45) is 0.371. The number of nitriles is 1. The molecule has 0 saturated carbocycles. The molecular formula is C14H17N3O2. The van der Waals surface area contributed by atoms with Crippen LogP contribution in [0, 0.1) is 11.3 Å². The van der Waals surface area contributed by atoms with E-state index in [9.17, 15) is 4.79 Å². The smallest absolute Gasteiger partial charge is 0.228 e. The van der Waals surface area contributed by atoms with Gasteiger partial charge >= 0.3 is 0 Å². The van der Waals surface area contributed by atoms with Gasteiger partial charge in [0, 0.05) is 26.1 Å². The molecule has 1 aromatic carbocycles. The van der Waals surface area contributed by atoms with E-state index in [4.69, 9.17) is 10.00 Å². The predicted octanol–water partition coefficient (Wildman–Crippen LogP) is 0.900. The van der Waals surface area contributed by atoms with Crippen molar-refractivity contribution < 1.29 is 9.53 Å². The molecule has 1 fully saturated rings. The van der Waals surface area contributed by atoms with E-state index in [1.165, 1.54) is 4.90 Å². The average Bonchev–Trinajstić information content (AvgIpc) is 2.47. The van der Waals surface area contributed by atoms with Crippen molar-refractivity contribution in [3.05, 3.63) is 29.8 Å². The molecule has 1 saturated heterocycles. The van der Waals surface area contributed by atoms with Gasteiger partial charge in [0.25, 0.3) is 0 Å². The lowest BCUT2D eigenvalue weighted by Crippen LogP contribution is -2.44. The molecule has 0 bridgehead atoms. The Morgan fingerprint density at radius 2 is 2.37 bits per heavy atom. The number of carbonyl (C=O) groups is 1. The van der Waals surface area contributed by atoms with Gasteiger partial charge in [-0.1, -0.05) is 12.1 Å². The van der Waals surface area contributed by atoms with Crippen molar-refractivity contribution in [2.24, 2.45) is 0 Å². The SMILES string of the molecule is CN(C(=O)CC1COCCN1)c1ccccc1C#N. The predicted molar refractivity (Wildman–Crippen MR) is 71.8 cm³/mol. The maximum absolute atomic E-state index is 12.2. The lowest BCUT2D eigenvalue weighted by Gasteiger charge is -2.26. The van der Waals surface area contributed by atoms with Crippen LogP contribution in [0.15, 0.2) is 24.3 Å². The van der Waals surface area contributed by atoms with Crippen molar-refractivity contribution in [3.8, 4) is 6.07 Å². The van der Waals surface area contributed by atoms with Gasteiger partial charge in [0.05, 0.1) is 24.5 Å². The van der Waals surface area contributed by atoms with E-state index in [-0.39, 0.29) is 11.9 Å². The third kappa shape index (κ3) is 3.31. The molecule has 2 rings (SSSR count). The molecule has 0 radical (unpaired) electrons. The van der Waals surface area contributed by atoms with Crippen molar-refractivity contribution in [1.82, 2.24) is 5.32 Å². The van der Waals surface area contributed by atoms with Crippen LogP contribution < -0.4 is 10.2 Å². The number of nitrogens with zero attached hydrogens (tertiary/aromatic N) is 2. The minimum atomic E-state index is -0.0225. The van der Waals surface area contributed by atoms with Gasteiger partial charge in [-0.2, -0.15) is 5.26 Å². The normalized spacial score (nSPS) is 18.6. The first-order valence-corrected chi connectivity index (χ1v) is 6.29. The van der Waals surface area contributed by atoms with E-state index in [0.29, 0.717) is 30.9 Å². The maximum Gasteiger partial charge on any atom is 0.228 e. The van der Waals surface area contributed by atoms with E-state index in [1.807, 2.05) is 6.07 Å². The number of nitrogens with one attached hydrogen (secondary N) is 1. The van der Waals surface area contributed by atoms with Crippen LogP contribution in [-0.4, -0.2) is 38.8 Å². The largest absolute Gasteiger partial charge is 0.378 e. The second-order valence-corrected chi connectivity index (χ2v) is 4.51. The molecule has 1 unspecified atom stereocenters. The maximum atomic E-state index is 12.2. The second kappa shape index (κ2) is 6.32. The third-order valence-corrected chi connectivity index (χ3v) is 3.18. The number of benzene rings is 1. The minimum Gasteiger partial charge on any atom is -0.378 e. The van der Waals surface area contributed by atoms with E-state index in [2.05, 4.69) is 11.4 Å². The standard InChI is InChI=1S/C14H17N3O2/c1-17(13-5-3-2-4-11(13)9-15)14(18)8-12-10-19-7-6-16-12/h2-5,12,16H,6-8,10H2,1H3. The quantitative estimate of drug-likeness (QED) is 0.876. The molecule has 1 heterocycles. The summed E-state index contributed by atoms with van der Waals surface area (Å²) in [5.74, 6) is -0.0225. The topological polar surface area (TPSA) is 65.4 Å². The molecule has 1 N–H and O–H groups in total. The molecule has 1 amide bonds. The number of hydrogen-bond acceptors (Lipinski definition) is 4. The Labute approximate surface area is 112 Å². The van der Waals surface area contributed by atoms with Crippen molar-refractivity contribution in [3.63, 3.8) is 0 Å². The van der Waals surface area contributed by atoms with Gasteiger partial charge in [0.15, 0.2) is 0 Å². The Bertz CT molecular complexity index is 490. The average molecular weight is 259 g/mol. The Morgan fingerprint density at radius 1 is 1.58 bits per heavy atom. The highest BCUT2D eigenvalue weighted by Crippen LogP contribution is 2.19. The van der Waals surface area contributed by atoms with Crippen LogP contribution in [0.25, 0.3) is 0 Å². The molecule has 1 aromatic rings. The Hall–Kier alpha value is -1.90. The van der Waals surface area contributed by atoms with Crippen LogP contribution in [0.3, 0.4) is 0 Å². The molecule has 19 heavy (non-hydrogen) atoms. The summed E-state index contributed by atoms with van der Waals surface area (Å²) in [5, 5.41) is 12.3. The number of morpholine rings is 1. The van der Waals surface area contributed by atoms with Gasteiger partial charge in [-0.05, 0) is 12.1 Å². The lowest BCUT2D eigenvalue weighted by atomic mass is 10.1. The van der Waals surface area contributed by atoms with Crippen LogP contribution >= 0.6 is 0 Å². The number of rotatable bonds is 3. The first kappa shape index (κ1) is 13.5. The van der Waals surface area contributed by atoms with E-state index < -0.39 is 0 Å². The Balaban J connectivity index is 2.04. The zero-order valence-corrected chi connectivity index (χ0v) is 10.9. The van der Waals surface area contributed by atoms with E-state index in [0.717, 1.165) is 6.54 Å². The van der Waals surface area contributed by atoms with Crippen LogP contribution in [0.4, 0.5) is 5.69 Å². The fraction of sp³-hybridized carbons (Fsp3) is 0.429. The fourth-order valence-electron chi connectivity index (χ4n) is 2.09. The van der Waals surface area contributed by atoms with Crippen LogP contribution in [0.2, 0.25) is 0 Å². The van der Waals surface area contributed by atoms with Crippen LogP contribution in [0.5, 0.6) is 0 Å². The molecule has 0 aromatic heterocycles. The van der Waals surface area contributed by atoms with Gasteiger partial charge in [0.1, 0.15) is 6.07 Å². The second-order valence-electron chi connectivity index (χ2n) is 4.51. The number of ether oxygens (including phenoxy) is 1. The van der Waals surface area contributed by atoms with Gasteiger partial charge in [-0.25, -0.2) is 0 Å². The monoisotopic (exact) mass is 259 g/mol. The summed E-state index contributed by atoms with van der Waals surface area (Å²) in [4.78, 5) is 13.7. The summed E-state index contributed by atoms with van der Waals surface area (Å²) in [6.45, 7) is 2.02. The van der Waals surface area contributed by atoms with Crippen molar-refractivity contribution in [1.29, 1.82) is 5.26 Å². The molecule has 100 valence electrons. The molecule has 0 spiro atoms. The highest BCUT2D eigenvalue weighted by Gasteiger charge is 2.21. The number of anilines is 1. The molecule has 0 aliphatic carbocycles. The van der Waals surface area contributed by atoms with E-state index >= 15 is 0 Å². The highest BCUT2D eigenvalue weighted by molar-refractivity contribution is 5.94.